The van der Waals surface area contributed by atoms with E-state index in [-0.39, 0.29) is 30.7 Å². The number of carboxylic acids is 1. The van der Waals surface area contributed by atoms with Gasteiger partial charge in [0.25, 0.3) is 11.8 Å². The minimum absolute atomic E-state index is 0.0576. The molecular formula is C27H31FN4O6. The number of rotatable bonds is 8. The van der Waals surface area contributed by atoms with Crippen molar-refractivity contribution in [3.63, 3.8) is 0 Å². The van der Waals surface area contributed by atoms with Crippen LogP contribution in [0, 0.1) is 25.6 Å². The molecular weight excluding hydrogens is 495 g/mol. The van der Waals surface area contributed by atoms with Crippen molar-refractivity contribution in [1.29, 1.82) is 0 Å². The van der Waals surface area contributed by atoms with Crippen LogP contribution in [0.15, 0.2) is 18.2 Å². The first-order valence-corrected chi connectivity index (χ1v) is 12.4. The normalized spacial score (nSPS) is 17.3. The van der Waals surface area contributed by atoms with Gasteiger partial charge in [0.1, 0.15) is 5.82 Å². The maximum absolute atomic E-state index is 13.8. The number of anilines is 1. The molecule has 1 atom stereocenters. The van der Waals surface area contributed by atoms with Gasteiger partial charge in [0.15, 0.2) is 0 Å². The first-order valence-electron chi connectivity index (χ1n) is 12.4. The van der Waals surface area contributed by atoms with Gasteiger partial charge in [-0.1, -0.05) is 0 Å². The Kier molecular flexibility index (Phi) is 7.96. The Morgan fingerprint density at radius 1 is 1.26 bits per heavy atom. The molecule has 3 amide bonds. The third-order valence-corrected chi connectivity index (χ3v) is 7.18. The van der Waals surface area contributed by atoms with Crippen LogP contribution in [0.25, 0.3) is 11.6 Å². The smallest absolute Gasteiger partial charge is 0.306 e. The molecule has 1 unspecified atom stereocenters. The van der Waals surface area contributed by atoms with Crippen molar-refractivity contribution in [1.82, 2.24) is 15.2 Å². The fourth-order valence-electron chi connectivity index (χ4n) is 4.94. The van der Waals surface area contributed by atoms with Crippen LogP contribution in [0.4, 0.5) is 10.1 Å². The average Bonchev–Trinajstić information content (AvgIpc) is 3.35. The first-order chi connectivity index (χ1) is 18.1. The highest BCUT2D eigenvalue weighted by Crippen LogP contribution is 2.34. The molecule has 0 aliphatic carbocycles. The Labute approximate surface area is 219 Å². The van der Waals surface area contributed by atoms with E-state index >= 15 is 0 Å². The van der Waals surface area contributed by atoms with Crippen LogP contribution >= 0.6 is 0 Å². The predicted octanol–water partition coefficient (Wildman–Crippen LogP) is 2.72. The van der Waals surface area contributed by atoms with Gasteiger partial charge in [0, 0.05) is 49.4 Å². The number of H-pyrrole nitrogens is 1. The number of aliphatic carboxylic acids is 1. The maximum atomic E-state index is 13.8. The van der Waals surface area contributed by atoms with Gasteiger partial charge < -0.3 is 30.4 Å². The molecule has 4 N–H and O–H groups in total. The Bertz CT molecular complexity index is 1310. The van der Waals surface area contributed by atoms with Crippen LogP contribution in [-0.4, -0.2) is 71.5 Å². The molecule has 1 aromatic carbocycles. The number of aromatic amines is 1. The van der Waals surface area contributed by atoms with Crippen LogP contribution in [0.3, 0.4) is 0 Å². The number of carbonyl (C=O) groups is 4. The maximum Gasteiger partial charge on any atom is 0.306 e. The van der Waals surface area contributed by atoms with Gasteiger partial charge in [-0.25, -0.2) is 4.39 Å². The van der Waals surface area contributed by atoms with Crippen molar-refractivity contribution in [3.05, 3.63) is 52.1 Å². The fourth-order valence-corrected chi connectivity index (χ4v) is 4.94. The van der Waals surface area contributed by atoms with Gasteiger partial charge in [-0.15, -0.1) is 0 Å². The van der Waals surface area contributed by atoms with Crippen LogP contribution in [0.1, 0.15) is 52.1 Å². The summed E-state index contributed by atoms with van der Waals surface area (Å²) < 4.78 is 19.2. The zero-order chi connectivity index (χ0) is 27.6. The number of fused-ring (bicyclic) bond motifs is 1. The summed E-state index contributed by atoms with van der Waals surface area (Å²) in [5, 5.41) is 14.7. The van der Waals surface area contributed by atoms with E-state index in [1.54, 1.807) is 24.8 Å². The van der Waals surface area contributed by atoms with Gasteiger partial charge in [-0.2, -0.15) is 0 Å². The molecule has 1 aromatic heterocycles. The number of piperidine rings is 1. The van der Waals surface area contributed by atoms with E-state index < -0.39 is 23.8 Å². The SMILES string of the molecule is COC(CNC(=O)c1c(C)[nH]c(/C=C2\C(=O)Nc3ccc(F)cc32)c1C)CC(=O)N1CCC(C(=O)O)CC1. The van der Waals surface area contributed by atoms with Crippen molar-refractivity contribution in [2.24, 2.45) is 5.92 Å². The van der Waals surface area contributed by atoms with Crippen LogP contribution < -0.4 is 10.6 Å². The molecule has 11 heteroatoms. The van der Waals surface area contributed by atoms with Gasteiger partial charge in [-0.3, -0.25) is 19.2 Å². The second-order valence-electron chi connectivity index (χ2n) is 9.63. The molecule has 10 nitrogen and oxygen atoms in total. The number of nitrogens with zero attached hydrogens (tertiary/aromatic N) is 1. The molecule has 2 aliphatic rings. The van der Waals surface area contributed by atoms with E-state index in [0.717, 1.165) is 0 Å². The molecule has 4 rings (SSSR count). The van der Waals surface area contributed by atoms with Crippen molar-refractivity contribution in [2.75, 3.05) is 32.1 Å². The molecule has 1 saturated heterocycles. The lowest BCUT2D eigenvalue weighted by Crippen LogP contribution is -2.43. The number of amides is 3. The van der Waals surface area contributed by atoms with Gasteiger partial charge in [0.05, 0.1) is 29.6 Å². The highest BCUT2D eigenvalue weighted by Gasteiger charge is 2.29. The Morgan fingerprint density at radius 3 is 2.63 bits per heavy atom. The van der Waals surface area contributed by atoms with Crippen molar-refractivity contribution >= 4 is 41.0 Å². The van der Waals surface area contributed by atoms with Crippen molar-refractivity contribution in [2.45, 2.75) is 39.2 Å². The number of ether oxygens (including phenoxy) is 1. The summed E-state index contributed by atoms with van der Waals surface area (Å²) in [7, 11) is 1.46. The molecule has 1 fully saturated rings. The van der Waals surface area contributed by atoms with E-state index in [4.69, 9.17) is 9.84 Å². The second-order valence-corrected chi connectivity index (χ2v) is 9.63. The number of nitrogens with one attached hydrogen (secondary N) is 3. The highest BCUT2D eigenvalue weighted by molar-refractivity contribution is 6.34. The minimum atomic E-state index is -0.838. The number of carbonyl (C=O) groups excluding carboxylic acids is 3. The molecule has 3 heterocycles. The molecule has 0 bridgehead atoms. The van der Waals surface area contributed by atoms with Crippen LogP contribution in [-0.2, 0) is 19.1 Å². The number of halogens is 1. The first kappa shape index (κ1) is 27.1. The zero-order valence-electron chi connectivity index (χ0n) is 21.5. The standard InChI is InChI=1S/C27H31FN4O6/c1-14-22(12-20-19-10-17(28)4-5-21(19)31-25(20)34)30-15(2)24(14)26(35)29-13-18(38-3)11-23(33)32-8-6-16(7-9-32)27(36)37/h4-5,10,12,16,18,30H,6-9,11,13H2,1-3H3,(H,29,35)(H,31,34)(H,36,37)/b20-12-. The third-order valence-electron chi connectivity index (χ3n) is 7.18. The van der Waals surface area contributed by atoms with Crippen molar-refractivity contribution < 1.29 is 33.4 Å². The van der Waals surface area contributed by atoms with Crippen molar-refractivity contribution in [3.8, 4) is 0 Å². The lowest BCUT2D eigenvalue weighted by atomic mass is 9.97. The summed E-state index contributed by atoms with van der Waals surface area (Å²) in [5.41, 5.74) is 3.44. The van der Waals surface area contributed by atoms with Crippen LogP contribution in [0.2, 0.25) is 0 Å². The number of hydrogen-bond donors (Lipinski definition) is 4. The lowest BCUT2D eigenvalue weighted by molar-refractivity contribution is -0.146. The fraction of sp³-hybridized carbons (Fsp3) is 0.407. The summed E-state index contributed by atoms with van der Waals surface area (Å²) in [6.45, 7) is 4.36. The highest BCUT2D eigenvalue weighted by atomic mass is 19.1. The van der Waals surface area contributed by atoms with E-state index in [1.807, 2.05) is 0 Å². The number of benzene rings is 1. The summed E-state index contributed by atoms with van der Waals surface area (Å²) >= 11 is 0. The molecule has 202 valence electrons. The minimum Gasteiger partial charge on any atom is -0.481 e. The van der Waals surface area contributed by atoms with Crippen LogP contribution in [0.5, 0.6) is 0 Å². The van der Waals surface area contributed by atoms with E-state index in [0.29, 0.717) is 65.3 Å². The summed E-state index contributed by atoms with van der Waals surface area (Å²) in [4.78, 5) is 54.1. The molecule has 38 heavy (non-hydrogen) atoms. The third kappa shape index (κ3) is 5.62. The summed E-state index contributed by atoms with van der Waals surface area (Å²) in [5.74, 6) is -2.59. The van der Waals surface area contributed by atoms with Gasteiger partial charge in [0.2, 0.25) is 5.91 Å². The van der Waals surface area contributed by atoms with Gasteiger partial charge >= 0.3 is 5.97 Å². The number of methoxy groups -OCH3 is 1. The lowest BCUT2D eigenvalue weighted by Gasteiger charge is -2.31. The monoisotopic (exact) mass is 526 g/mol. The largest absolute Gasteiger partial charge is 0.481 e. The Hall–Kier alpha value is -3.99. The molecule has 0 spiro atoms. The number of likely N-dealkylation sites (tertiary alicyclic amines) is 1. The van der Waals surface area contributed by atoms with E-state index in [1.165, 1.54) is 25.3 Å². The number of hydrogen-bond acceptors (Lipinski definition) is 5. The second kappa shape index (κ2) is 11.2. The number of aryl methyl sites for hydroxylation is 1. The van der Waals surface area contributed by atoms with Gasteiger partial charge in [-0.05, 0) is 56.5 Å². The number of aromatic nitrogens is 1. The summed E-state index contributed by atoms with van der Waals surface area (Å²) in [6, 6.07) is 4.07. The van der Waals surface area contributed by atoms with E-state index in [9.17, 15) is 23.6 Å². The van der Waals surface area contributed by atoms with E-state index in [2.05, 4.69) is 15.6 Å². The Morgan fingerprint density at radius 2 is 1.97 bits per heavy atom. The quantitative estimate of drug-likeness (QED) is 0.390. The number of carboxylic acid groups (broad SMARTS) is 1. The average molecular weight is 527 g/mol. The Balaban J connectivity index is 1.40. The molecule has 2 aromatic rings. The topological polar surface area (TPSA) is 141 Å². The predicted molar refractivity (Wildman–Crippen MR) is 138 cm³/mol. The zero-order valence-corrected chi connectivity index (χ0v) is 21.5. The molecule has 2 aliphatic heterocycles. The molecule has 0 saturated carbocycles. The molecule has 0 radical (unpaired) electrons. The summed E-state index contributed by atoms with van der Waals surface area (Å²) in [6.07, 6.45) is 1.94.